The molecule has 0 spiro atoms. The molecule has 0 aromatic heterocycles. The van der Waals surface area contributed by atoms with Crippen LogP contribution in [0.15, 0.2) is 70.2 Å². The number of ether oxygens (including phenoxy) is 1. The van der Waals surface area contributed by atoms with Crippen LogP contribution in [0.1, 0.15) is 15.9 Å². The molecule has 0 aliphatic heterocycles. The van der Waals surface area contributed by atoms with E-state index in [4.69, 9.17) is 4.74 Å². The Morgan fingerprint density at radius 3 is 2.75 bits per heavy atom. The third kappa shape index (κ3) is 3.46. The quantitative estimate of drug-likeness (QED) is 0.537. The number of hydrazone groups is 1. The van der Waals surface area contributed by atoms with E-state index in [0.717, 1.165) is 20.8 Å². The van der Waals surface area contributed by atoms with Crippen LogP contribution in [0.3, 0.4) is 0 Å². The Labute approximate surface area is 148 Å². The number of hydrogen-bond donors (Lipinski definition) is 1. The lowest BCUT2D eigenvalue weighted by Gasteiger charge is -2.06. The van der Waals surface area contributed by atoms with E-state index in [9.17, 15) is 4.79 Å². The highest BCUT2D eigenvalue weighted by Crippen LogP contribution is 2.21. The Morgan fingerprint density at radius 1 is 1.12 bits per heavy atom. The van der Waals surface area contributed by atoms with Crippen LogP contribution in [0.5, 0.6) is 5.75 Å². The molecule has 3 aromatic rings. The van der Waals surface area contributed by atoms with Gasteiger partial charge in [0.15, 0.2) is 0 Å². The minimum Gasteiger partial charge on any atom is -0.496 e. The van der Waals surface area contributed by atoms with E-state index in [-0.39, 0.29) is 5.91 Å². The number of fused-ring (bicyclic) bond motifs is 1. The Balaban J connectivity index is 1.81. The van der Waals surface area contributed by atoms with Gasteiger partial charge in [-0.05, 0) is 35.0 Å². The summed E-state index contributed by atoms with van der Waals surface area (Å²) in [5.41, 5.74) is 3.93. The summed E-state index contributed by atoms with van der Waals surface area (Å²) in [5.74, 6) is 0.429. The summed E-state index contributed by atoms with van der Waals surface area (Å²) in [6.07, 6.45) is 1.56. The number of nitrogens with one attached hydrogen (secondary N) is 1. The van der Waals surface area contributed by atoms with Gasteiger partial charge in [-0.2, -0.15) is 5.10 Å². The molecule has 5 heteroatoms. The van der Waals surface area contributed by atoms with E-state index in [0.29, 0.717) is 11.3 Å². The van der Waals surface area contributed by atoms with Crippen LogP contribution in [0.25, 0.3) is 10.8 Å². The predicted molar refractivity (Wildman–Crippen MR) is 99.7 cm³/mol. The van der Waals surface area contributed by atoms with E-state index < -0.39 is 0 Å². The number of benzene rings is 3. The summed E-state index contributed by atoms with van der Waals surface area (Å²) in [7, 11) is 1.59. The molecule has 0 saturated carbocycles. The molecule has 1 N–H and O–H groups in total. The molecule has 0 heterocycles. The first-order chi connectivity index (χ1) is 11.7. The topological polar surface area (TPSA) is 50.7 Å². The van der Waals surface area contributed by atoms with Gasteiger partial charge in [0.1, 0.15) is 5.75 Å². The third-order valence-corrected chi connectivity index (χ3v) is 4.09. The first-order valence-corrected chi connectivity index (χ1v) is 8.13. The first kappa shape index (κ1) is 16.2. The van der Waals surface area contributed by atoms with E-state index in [2.05, 4.69) is 26.5 Å². The van der Waals surface area contributed by atoms with Gasteiger partial charge in [0.05, 0.1) is 13.3 Å². The maximum atomic E-state index is 12.4. The molecule has 0 unspecified atom stereocenters. The van der Waals surface area contributed by atoms with E-state index in [1.807, 2.05) is 54.6 Å². The highest BCUT2D eigenvalue weighted by molar-refractivity contribution is 9.10. The van der Waals surface area contributed by atoms with Gasteiger partial charge in [-0.1, -0.05) is 52.3 Å². The lowest BCUT2D eigenvalue weighted by molar-refractivity contribution is 0.0957. The zero-order valence-corrected chi connectivity index (χ0v) is 14.6. The van der Waals surface area contributed by atoms with Crippen LogP contribution in [-0.2, 0) is 0 Å². The Bertz CT molecular complexity index is 917. The molecule has 3 rings (SSSR count). The fourth-order valence-electron chi connectivity index (χ4n) is 2.45. The number of nitrogens with zero attached hydrogens (tertiary/aromatic N) is 1. The number of amides is 1. The summed E-state index contributed by atoms with van der Waals surface area (Å²) in [6.45, 7) is 0. The maximum absolute atomic E-state index is 12.4. The van der Waals surface area contributed by atoms with Crippen LogP contribution in [0.4, 0.5) is 0 Å². The van der Waals surface area contributed by atoms with Crippen LogP contribution in [0.2, 0.25) is 0 Å². The zero-order chi connectivity index (χ0) is 16.9. The summed E-state index contributed by atoms with van der Waals surface area (Å²) >= 11 is 3.41. The zero-order valence-electron chi connectivity index (χ0n) is 13.0. The first-order valence-electron chi connectivity index (χ1n) is 7.34. The van der Waals surface area contributed by atoms with Crippen molar-refractivity contribution in [2.24, 2.45) is 5.10 Å². The van der Waals surface area contributed by atoms with Crippen molar-refractivity contribution in [2.45, 2.75) is 0 Å². The van der Waals surface area contributed by atoms with Crippen molar-refractivity contribution in [3.63, 3.8) is 0 Å². The van der Waals surface area contributed by atoms with Gasteiger partial charge in [-0.3, -0.25) is 4.79 Å². The fourth-order valence-corrected chi connectivity index (χ4v) is 2.83. The molecule has 0 aliphatic carbocycles. The number of halogens is 1. The SMILES string of the molecule is COc1ccc(Br)cc1/C=N\NC(=O)c1cccc2ccccc12. The average molecular weight is 383 g/mol. The van der Waals surface area contributed by atoms with Crippen molar-refractivity contribution in [3.8, 4) is 5.75 Å². The molecule has 0 bridgehead atoms. The van der Waals surface area contributed by atoms with Crippen LogP contribution < -0.4 is 10.2 Å². The second-order valence-corrected chi connectivity index (χ2v) is 6.03. The van der Waals surface area contributed by atoms with Crippen molar-refractivity contribution in [2.75, 3.05) is 7.11 Å². The van der Waals surface area contributed by atoms with Gasteiger partial charge in [-0.15, -0.1) is 0 Å². The predicted octanol–water partition coefficient (Wildman–Crippen LogP) is 4.37. The molecular formula is C19H15BrN2O2. The molecule has 1 amide bonds. The van der Waals surface area contributed by atoms with Crippen molar-refractivity contribution in [3.05, 3.63) is 76.3 Å². The van der Waals surface area contributed by atoms with Crippen molar-refractivity contribution < 1.29 is 9.53 Å². The number of hydrogen-bond acceptors (Lipinski definition) is 3. The number of methoxy groups -OCH3 is 1. The Hall–Kier alpha value is -2.66. The highest BCUT2D eigenvalue weighted by atomic mass is 79.9. The Morgan fingerprint density at radius 2 is 1.92 bits per heavy atom. The molecule has 3 aromatic carbocycles. The summed E-state index contributed by atoms with van der Waals surface area (Å²) in [4.78, 5) is 12.4. The lowest BCUT2D eigenvalue weighted by atomic mass is 10.0. The van der Waals surface area contributed by atoms with Crippen LogP contribution >= 0.6 is 15.9 Å². The van der Waals surface area contributed by atoms with E-state index in [1.54, 1.807) is 19.4 Å². The minimum atomic E-state index is -0.253. The van der Waals surface area contributed by atoms with Crippen molar-refractivity contribution in [1.82, 2.24) is 5.43 Å². The Kier molecular flexibility index (Phi) is 4.91. The van der Waals surface area contributed by atoms with Crippen LogP contribution in [-0.4, -0.2) is 19.2 Å². The molecule has 120 valence electrons. The lowest BCUT2D eigenvalue weighted by Crippen LogP contribution is -2.18. The van der Waals surface area contributed by atoms with Gasteiger partial charge in [0, 0.05) is 15.6 Å². The molecule has 0 aliphatic rings. The summed E-state index contributed by atoms with van der Waals surface area (Å²) in [6, 6.07) is 19.0. The normalized spacial score (nSPS) is 10.9. The largest absolute Gasteiger partial charge is 0.496 e. The van der Waals surface area contributed by atoms with Gasteiger partial charge in [0.2, 0.25) is 0 Å². The highest BCUT2D eigenvalue weighted by Gasteiger charge is 2.08. The number of carbonyl (C=O) groups is 1. The van der Waals surface area contributed by atoms with Crippen LogP contribution in [0, 0.1) is 0 Å². The minimum absolute atomic E-state index is 0.253. The maximum Gasteiger partial charge on any atom is 0.271 e. The number of carbonyl (C=O) groups excluding carboxylic acids is 1. The van der Waals surface area contributed by atoms with Gasteiger partial charge in [-0.25, -0.2) is 5.43 Å². The summed E-state index contributed by atoms with van der Waals surface area (Å²) < 4.78 is 6.18. The smallest absolute Gasteiger partial charge is 0.271 e. The molecule has 4 nitrogen and oxygen atoms in total. The van der Waals surface area contributed by atoms with Gasteiger partial charge >= 0.3 is 0 Å². The summed E-state index contributed by atoms with van der Waals surface area (Å²) in [5, 5.41) is 5.96. The fraction of sp³-hybridized carbons (Fsp3) is 0.0526. The van der Waals surface area contributed by atoms with Gasteiger partial charge < -0.3 is 4.74 Å². The second kappa shape index (κ2) is 7.27. The molecular weight excluding hydrogens is 368 g/mol. The van der Waals surface area contributed by atoms with E-state index in [1.165, 1.54) is 0 Å². The molecule has 0 saturated heterocycles. The molecule has 24 heavy (non-hydrogen) atoms. The standard InChI is InChI=1S/C19H15BrN2O2/c1-24-18-10-9-15(20)11-14(18)12-21-22-19(23)17-8-4-6-13-5-2-3-7-16(13)17/h2-12H,1H3,(H,22,23)/b21-12-. The second-order valence-electron chi connectivity index (χ2n) is 5.11. The average Bonchev–Trinajstić information content (AvgIpc) is 2.61. The van der Waals surface area contributed by atoms with Crippen molar-refractivity contribution in [1.29, 1.82) is 0 Å². The molecule has 0 radical (unpaired) electrons. The van der Waals surface area contributed by atoms with Crippen molar-refractivity contribution >= 4 is 38.8 Å². The monoisotopic (exact) mass is 382 g/mol. The van der Waals surface area contributed by atoms with E-state index >= 15 is 0 Å². The molecule has 0 atom stereocenters. The molecule has 0 fully saturated rings. The van der Waals surface area contributed by atoms with Gasteiger partial charge in [0.25, 0.3) is 5.91 Å². The number of rotatable bonds is 4. The third-order valence-electron chi connectivity index (χ3n) is 3.60.